The van der Waals surface area contributed by atoms with Gasteiger partial charge in [-0.15, -0.1) is 0 Å². The SMILES string of the molecule is NN1CCOC2CC21. The van der Waals surface area contributed by atoms with Crippen LogP contribution >= 0.6 is 0 Å². The molecule has 3 heteroatoms. The minimum absolute atomic E-state index is 0.480. The fourth-order valence-electron chi connectivity index (χ4n) is 1.16. The molecule has 0 bridgehead atoms. The van der Waals surface area contributed by atoms with E-state index in [0.29, 0.717) is 12.1 Å². The van der Waals surface area contributed by atoms with Crippen molar-refractivity contribution in [3.05, 3.63) is 0 Å². The second-order valence-corrected chi connectivity index (χ2v) is 2.45. The van der Waals surface area contributed by atoms with Crippen molar-refractivity contribution in [2.24, 2.45) is 5.84 Å². The van der Waals surface area contributed by atoms with E-state index in [-0.39, 0.29) is 0 Å². The highest BCUT2D eigenvalue weighted by molar-refractivity contribution is 4.97. The molecule has 1 saturated carbocycles. The molecule has 2 N–H and O–H groups in total. The Balaban J connectivity index is 1.99. The van der Waals surface area contributed by atoms with E-state index in [1.165, 1.54) is 0 Å². The summed E-state index contributed by atoms with van der Waals surface area (Å²) in [7, 11) is 0. The van der Waals surface area contributed by atoms with Crippen LogP contribution in [0.3, 0.4) is 0 Å². The van der Waals surface area contributed by atoms with Gasteiger partial charge in [-0.3, -0.25) is 5.84 Å². The molecule has 1 aliphatic carbocycles. The van der Waals surface area contributed by atoms with Gasteiger partial charge < -0.3 is 4.74 Å². The molecule has 1 aliphatic heterocycles. The van der Waals surface area contributed by atoms with Gasteiger partial charge in [0.05, 0.1) is 18.8 Å². The van der Waals surface area contributed by atoms with Crippen LogP contribution in [0.4, 0.5) is 0 Å². The third-order valence-corrected chi connectivity index (χ3v) is 1.81. The molecule has 8 heavy (non-hydrogen) atoms. The highest BCUT2D eigenvalue weighted by atomic mass is 16.5. The summed E-state index contributed by atoms with van der Waals surface area (Å²) in [5, 5.41) is 1.88. The van der Waals surface area contributed by atoms with Crippen molar-refractivity contribution in [1.82, 2.24) is 5.01 Å². The second-order valence-electron chi connectivity index (χ2n) is 2.45. The highest BCUT2D eigenvalue weighted by Crippen LogP contribution is 2.31. The molecule has 2 unspecified atom stereocenters. The third-order valence-electron chi connectivity index (χ3n) is 1.81. The highest BCUT2D eigenvalue weighted by Gasteiger charge is 2.44. The number of ether oxygens (including phenoxy) is 1. The lowest BCUT2D eigenvalue weighted by molar-refractivity contribution is 0.0311. The zero-order valence-electron chi connectivity index (χ0n) is 4.71. The molecule has 0 spiro atoms. The number of hydrogen-bond acceptors (Lipinski definition) is 3. The summed E-state index contributed by atoms with van der Waals surface area (Å²) < 4.78 is 5.30. The third kappa shape index (κ3) is 0.555. The molecule has 2 rings (SSSR count). The van der Waals surface area contributed by atoms with Gasteiger partial charge in [-0.25, -0.2) is 5.01 Å². The summed E-state index contributed by atoms with van der Waals surface area (Å²) in [4.78, 5) is 0. The quantitative estimate of drug-likeness (QED) is 0.425. The lowest BCUT2D eigenvalue weighted by Gasteiger charge is -2.20. The molecular weight excluding hydrogens is 104 g/mol. The van der Waals surface area contributed by atoms with E-state index in [0.717, 1.165) is 19.6 Å². The molecule has 0 amide bonds. The molecule has 2 aliphatic rings. The molecule has 0 aromatic carbocycles. The van der Waals surface area contributed by atoms with Crippen molar-refractivity contribution in [2.45, 2.75) is 18.6 Å². The van der Waals surface area contributed by atoms with Crippen molar-refractivity contribution in [1.29, 1.82) is 0 Å². The van der Waals surface area contributed by atoms with Gasteiger partial charge in [0, 0.05) is 6.54 Å². The van der Waals surface area contributed by atoms with Crippen LogP contribution in [0, 0.1) is 0 Å². The zero-order valence-corrected chi connectivity index (χ0v) is 4.71. The number of nitrogens with zero attached hydrogens (tertiary/aromatic N) is 1. The van der Waals surface area contributed by atoms with Gasteiger partial charge >= 0.3 is 0 Å². The van der Waals surface area contributed by atoms with Gasteiger partial charge in [-0.05, 0) is 6.42 Å². The molecule has 0 aromatic rings. The fraction of sp³-hybridized carbons (Fsp3) is 1.00. The molecule has 3 nitrogen and oxygen atoms in total. The van der Waals surface area contributed by atoms with Crippen LogP contribution in [-0.4, -0.2) is 30.3 Å². The first-order valence-corrected chi connectivity index (χ1v) is 3.01. The summed E-state index contributed by atoms with van der Waals surface area (Å²) in [6.45, 7) is 1.72. The number of nitrogens with two attached hydrogens (primary N) is 1. The minimum atomic E-state index is 0.480. The Morgan fingerprint density at radius 1 is 1.62 bits per heavy atom. The monoisotopic (exact) mass is 114 g/mol. The van der Waals surface area contributed by atoms with E-state index in [4.69, 9.17) is 10.6 Å². The Labute approximate surface area is 48.4 Å². The largest absolute Gasteiger partial charge is 0.375 e. The minimum Gasteiger partial charge on any atom is -0.375 e. The molecule has 1 heterocycles. The van der Waals surface area contributed by atoms with E-state index in [9.17, 15) is 0 Å². The van der Waals surface area contributed by atoms with E-state index in [2.05, 4.69) is 0 Å². The lowest BCUT2D eigenvalue weighted by atomic mass is 10.5. The summed E-state index contributed by atoms with van der Waals surface area (Å²) >= 11 is 0. The van der Waals surface area contributed by atoms with Crippen molar-refractivity contribution < 1.29 is 4.74 Å². The van der Waals surface area contributed by atoms with Crippen LogP contribution in [0.15, 0.2) is 0 Å². The van der Waals surface area contributed by atoms with Crippen LogP contribution in [0.5, 0.6) is 0 Å². The lowest BCUT2D eigenvalue weighted by Crippen LogP contribution is -2.41. The van der Waals surface area contributed by atoms with E-state index in [1.807, 2.05) is 5.01 Å². The summed E-state index contributed by atoms with van der Waals surface area (Å²) in [5.74, 6) is 5.57. The van der Waals surface area contributed by atoms with E-state index in [1.54, 1.807) is 0 Å². The fourth-order valence-corrected chi connectivity index (χ4v) is 1.16. The van der Waals surface area contributed by atoms with Crippen molar-refractivity contribution in [3.8, 4) is 0 Å². The summed E-state index contributed by atoms with van der Waals surface area (Å²) in [6, 6.07) is 0.559. The molecule has 0 aromatic heterocycles. The summed E-state index contributed by atoms with van der Waals surface area (Å²) in [6.07, 6.45) is 1.63. The number of hydrogen-bond donors (Lipinski definition) is 1. The summed E-state index contributed by atoms with van der Waals surface area (Å²) in [5.41, 5.74) is 0. The predicted molar refractivity (Wildman–Crippen MR) is 29.0 cm³/mol. The maximum absolute atomic E-state index is 5.57. The average molecular weight is 114 g/mol. The topological polar surface area (TPSA) is 38.5 Å². The number of fused-ring (bicyclic) bond motifs is 1. The smallest absolute Gasteiger partial charge is 0.0762 e. The van der Waals surface area contributed by atoms with Gasteiger partial charge in [0.15, 0.2) is 0 Å². The number of hydrazine groups is 1. The van der Waals surface area contributed by atoms with Crippen LogP contribution in [0.2, 0.25) is 0 Å². The second kappa shape index (κ2) is 1.43. The van der Waals surface area contributed by atoms with Gasteiger partial charge in [0.1, 0.15) is 0 Å². The maximum Gasteiger partial charge on any atom is 0.0762 e. The molecular formula is C5H10N2O. The first kappa shape index (κ1) is 4.73. The zero-order chi connectivity index (χ0) is 5.56. The molecule has 2 atom stereocenters. The number of morpholine rings is 1. The van der Waals surface area contributed by atoms with Crippen LogP contribution in [0.25, 0.3) is 0 Å². The number of rotatable bonds is 0. The first-order chi connectivity index (χ1) is 3.88. The Morgan fingerprint density at radius 3 is 3.12 bits per heavy atom. The molecule has 46 valence electrons. The molecule has 2 fully saturated rings. The molecule has 1 saturated heterocycles. The van der Waals surface area contributed by atoms with Crippen LogP contribution < -0.4 is 5.84 Å². The normalized spacial score (nSPS) is 46.1. The standard InChI is InChI=1S/C5H10N2O/c6-7-1-2-8-5-3-4(5)7/h4-5H,1-3,6H2. The van der Waals surface area contributed by atoms with Crippen molar-refractivity contribution >= 4 is 0 Å². The Hall–Kier alpha value is -0.120. The van der Waals surface area contributed by atoms with Crippen LogP contribution in [-0.2, 0) is 4.74 Å². The maximum atomic E-state index is 5.57. The Kier molecular flexibility index (Phi) is 0.848. The van der Waals surface area contributed by atoms with Gasteiger partial charge in [-0.1, -0.05) is 0 Å². The van der Waals surface area contributed by atoms with E-state index >= 15 is 0 Å². The predicted octanol–water partition coefficient (Wildman–Crippen LogP) is -0.667. The Bertz CT molecular complexity index is 107. The van der Waals surface area contributed by atoms with Crippen molar-refractivity contribution in [2.75, 3.05) is 13.2 Å². The average Bonchev–Trinajstić information content (AvgIpc) is 2.45. The van der Waals surface area contributed by atoms with Gasteiger partial charge in [0.25, 0.3) is 0 Å². The van der Waals surface area contributed by atoms with Crippen LogP contribution in [0.1, 0.15) is 6.42 Å². The van der Waals surface area contributed by atoms with Crippen molar-refractivity contribution in [3.63, 3.8) is 0 Å². The molecule has 0 radical (unpaired) electrons. The Morgan fingerprint density at radius 2 is 2.50 bits per heavy atom. The van der Waals surface area contributed by atoms with Gasteiger partial charge in [0.2, 0.25) is 0 Å². The van der Waals surface area contributed by atoms with Gasteiger partial charge in [-0.2, -0.15) is 0 Å². The first-order valence-electron chi connectivity index (χ1n) is 3.01. The van der Waals surface area contributed by atoms with E-state index < -0.39 is 0 Å².